The van der Waals surface area contributed by atoms with Gasteiger partial charge < -0.3 is 9.88 Å². The van der Waals surface area contributed by atoms with E-state index in [0.717, 1.165) is 32.5 Å². The highest BCUT2D eigenvalue weighted by Crippen LogP contribution is 2.18. The SMILES string of the molecule is Cn1ccc(C(=O)NCC2CCN(Cc3ccccc3)CC2)cc1=O. The van der Waals surface area contributed by atoms with Crippen molar-refractivity contribution in [3.8, 4) is 0 Å². The van der Waals surface area contributed by atoms with Crippen LogP contribution in [0.3, 0.4) is 0 Å². The number of aryl methyl sites for hydroxylation is 1. The van der Waals surface area contributed by atoms with Crippen molar-refractivity contribution in [3.63, 3.8) is 0 Å². The maximum atomic E-state index is 12.2. The summed E-state index contributed by atoms with van der Waals surface area (Å²) >= 11 is 0. The summed E-state index contributed by atoms with van der Waals surface area (Å²) in [6.45, 7) is 3.78. The number of hydrogen-bond acceptors (Lipinski definition) is 3. The van der Waals surface area contributed by atoms with E-state index in [9.17, 15) is 9.59 Å². The zero-order chi connectivity index (χ0) is 17.6. The molecular weight excluding hydrogens is 314 g/mol. The Morgan fingerprint density at radius 3 is 2.56 bits per heavy atom. The first kappa shape index (κ1) is 17.4. The molecule has 0 saturated carbocycles. The molecule has 132 valence electrons. The fourth-order valence-electron chi connectivity index (χ4n) is 3.22. The number of nitrogens with one attached hydrogen (secondary N) is 1. The Balaban J connectivity index is 1.43. The molecule has 5 nitrogen and oxygen atoms in total. The largest absolute Gasteiger partial charge is 0.352 e. The molecule has 1 aliphatic rings. The molecule has 2 heterocycles. The number of carbonyl (C=O) groups is 1. The molecule has 0 aliphatic carbocycles. The fourth-order valence-corrected chi connectivity index (χ4v) is 3.22. The van der Waals surface area contributed by atoms with E-state index >= 15 is 0 Å². The Morgan fingerprint density at radius 2 is 1.88 bits per heavy atom. The van der Waals surface area contributed by atoms with Gasteiger partial charge in [0.05, 0.1) is 0 Å². The Morgan fingerprint density at radius 1 is 1.16 bits per heavy atom. The van der Waals surface area contributed by atoms with Crippen molar-refractivity contribution in [1.82, 2.24) is 14.8 Å². The lowest BCUT2D eigenvalue weighted by Gasteiger charge is -2.32. The van der Waals surface area contributed by atoms with Gasteiger partial charge in [0.25, 0.3) is 11.5 Å². The smallest absolute Gasteiger partial charge is 0.251 e. The first-order valence-corrected chi connectivity index (χ1v) is 8.83. The summed E-state index contributed by atoms with van der Waals surface area (Å²) in [4.78, 5) is 26.3. The Bertz CT molecular complexity index is 762. The van der Waals surface area contributed by atoms with Crippen LogP contribution in [0.1, 0.15) is 28.8 Å². The average Bonchev–Trinajstić information content (AvgIpc) is 2.64. The number of hydrogen-bond donors (Lipinski definition) is 1. The number of piperidine rings is 1. The predicted octanol–water partition coefficient (Wildman–Crippen LogP) is 2.03. The molecule has 0 spiro atoms. The topological polar surface area (TPSA) is 54.3 Å². The highest BCUT2D eigenvalue weighted by Gasteiger charge is 2.20. The van der Waals surface area contributed by atoms with E-state index in [1.165, 1.54) is 16.2 Å². The summed E-state index contributed by atoms with van der Waals surface area (Å²) in [5.74, 6) is 0.340. The first-order valence-electron chi connectivity index (χ1n) is 8.83. The highest BCUT2D eigenvalue weighted by molar-refractivity contribution is 5.93. The summed E-state index contributed by atoms with van der Waals surface area (Å²) in [6.07, 6.45) is 3.80. The van der Waals surface area contributed by atoms with Gasteiger partial charge in [0.15, 0.2) is 0 Å². The van der Waals surface area contributed by atoms with E-state index in [1.807, 2.05) is 6.07 Å². The molecule has 5 heteroatoms. The van der Waals surface area contributed by atoms with Crippen LogP contribution in [0.25, 0.3) is 0 Å². The van der Waals surface area contributed by atoms with Gasteiger partial charge in [-0.05, 0) is 43.5 Å². The molecule has 2 aromatic rings. The molecule has 3 rings (SSSR count). The molecule has 1 aromatic carbocycles. The predicted molar refractivity (Wildman–Crippen MR) is 98.5 cm³/mol. The number of aromatic nitrogens is 1. The van der Waals surface area contributed by atoms with Crippen LogP contribution >= 0.6 is 0 Å². The lowest BCUT2D eigenvalue weighted by molar-refractivity contribution is 0.0935. The van der Waals surface area contributed by atoms with Gasteiger partial charge in [0.1, 0.15) is 0 Å². The van der Waals surface area contributed by atoms with Gasteiger partial charge in [-0.25, -0.2) is 0 Å². The maximum Gasteiger partial charge on any atom is 0.251 e. The van der Waals surface area contributed by atoms with Gasteiger partial charge in [0.2, 0.25) is 0 Å². The van der Waals surface area contributed by atoms with Crippen molar-refractivity contribution in [2.24, 2.45) is 13.0 Å². The molecule has 1 N–H and O–H groups in total. The number of amides is 1. The standard InChI is InChI=1S/C20H25N3O2/c1-22-10-9-18(13-19(22)24)20(25)21-14-16-7-11-23(12-8-16)15-17-5-3-2-4-6-17/h2-6,9-10,13,16H,7-8,11-12,14-15H2,1H3,(H,21,25). The van der Waals surface area contributed by atoms with Gasteiger partial charge in [-0.3, -0.25) is 14.5 Å². The molecule has 25 heavy (non-hydrogen) atoms. The number of carbonyl (C=O) groups excluding carboxylic acids is 1. The minimum atomic E-state index is -0.165. The van der Waals surface area contributed by atoms with Crippen molar-refractivity contribution in [1.29, 1.82) is 0 Å². The van der Waals surface area contributed by atoms with E-state index in [1.54, 1.807) is 19.3 Å². The van der Waals surface area contributed by atoms with Gasteiger partial charge in [-0.15, -0.1) is 0 Å². The Labute approximate surface area is 148 Å². The summed E-state index contributed by atoms with van der Waals surface area (Å²) in [5.41, 5.74) is 1.62. The second-order valence-electron chi connectivity index (χ2n) is 6.78. The summed E-state index contributed by atoms with van der Waals surface area (Å²) in [7, 11) is 1.67. The van der Waals surface area contributed by atoms with Crippen LogP contribution in [0.15, 0.2) is 53.5 Å². The maximum absolute atomic E-state index is 12.2. The lowest BCUT2D eigenvalue weighted by atomic mass is 9.96. The molecule has 1 aromatic heterocycles. The molecular formula is C20H25N3O2. The zero-order valence-corrected chi connectivity index (χ0v) is 14.6. The van der Waals surface area contributed by atoms with Gasteiger partial charge in [0, 0.05) is 38.0 Å². The third kappa shape index (κ3) is 4.79. The van der Waals surface area contributed by atoms with E-state index < -0.39 is 0 Å². The van der Waals surface area contributed by atoms with Crippen molar-refractivity contribution < 1.29 is 4.79 Å². The molecule has 1 fully saturated rings. The van der Waals surface area contributed by atoms with E-state index in [2.05, 4.69) is 34.5 Å². The molecule has 1 amide bonds. The number of likely N-dealkylation sites (tertiary alicyclic amines) is 1. The van der Waals surface area contributed by atoms with E-state index in [0.29, 0.717) is 18.0 Å². The van der Waals surface area contributed by atoms with Crippen LogP contribution in [0.5, 0.6) is 0 Å². The Kier molecular flexibility index (Phi) is 5.66. The molecule has 1 saturated heterocycles. The van der Waals surface area contributed by atoms with Crippen LogP contribution in [0.2, 0.25) is 0 Å². The minimum Gasteiger partial charge on any atom is -0.352 e. The summed E-state index contributed by atoms with van der Waals surface area (Å²) in [5, 5.41) is 2.97. The van der Waals surface area contributed by atoms with Crippen LogP contribution < -0.4 is 10.9 Å². The molecule has 1 aliphatic heterocycles. The average molecular weight is 339 g/mol. The molecule has 0 radical (unpaired) electrons. The van der Waals surface area contributed by atoms with Gasteiger partial charge in [-0.2, -0.15) is 0 Å². The zero-order valence-electron chi connectivity index (χ0n) is 14.6. The van der Waals surface area contributed by atoms with E-state index in [4.69, 9.17) is 0 Å². The second kappa shape index (κ2) is 8.12. The minimum absolute atomic E-state index is 0.163. The lowest BCUT2D eigenvalue weighted by Crippen LogP contribution is -2.38. The van der Waals surface area contributed by atoms with Crippen LogP contribution in [-0.4, -0.2) is 35.0 Å². The quantitative estimate of drug-likeness (QED) is 0.907. The van der Waals surface area contributed by atoms with Crippen molar-refractivity contribution in [3.05, 3.63) is 70.1 Å². The third-order valence-electron chi connectivity index (χ3n) is 4.87. The van der Waals surface area contributed by atoms with Crippen molar-refractivity contribution in [2.75, 3.05) is 19.6 Å². The monoisotopic (exact) mass is 339 g/mol. The van der Waals surface area contributed by atoms with Gasteiger partial charge >= 0.3 is 0 Å². The molecule has 0 atom stereocenters. The summed E-state index contributed by atoms with van der Waals surface area (Å²) < 4.78 is 1.46. The number of rotatable bonds is 5. The van der Waals surface area contributed by atoms with Crippen LogP contribution in [-0.2, 0) is 13.6 Å². The van der Waals surface area contributed by atoms with Crippen molar-refractivity contribution in [2.45, 2.75) is 19.4 Å². The Hall–Kier alpha value is -2.40. The number of benzene rings is 1. The van der Waals surface area contributed by atoms with Crippen LogP contribution in [0, 0.1) is 5.92 Å². The fraction of sp³-hybridized carbons (Fsp3) is 0.400. The first-order chi connectivity index (χ1) is 12.1. The number of nitrogens with zero attached hydrogens (tertiary/aromatic N) is 2. The second-order valence-corrected chi connectivity index (χ2v) is 6.78. The normalized spacial score (nSPS) is 15.9. The van der Waals surface area contributed by atoms with Gasteiger partial charge in [-0.1, -0.05) is 30.3 Å². The molecule has 0 bridgehead atoms. The number of pyridine rings is 1. The molecule has 0 unspecified atom stereocenters. The third-order valence-corrected chi connectivity index (χ3v) is 4.87. The van der Waals surface area contributed by atoms with E-state index in [-0.39, 0.29) is 11.5 Å². The summed E-state index contributed by atoms with van der Waals surface area (Å²) in [6, 6.07) is 13.6. The van der Waals surface area contributed by atoms with Crippen molar-refractivity contribution >= 4 is 5.91 Å². The highest BCUT2D eigenvalue weighted by atomic mass is 16.2. The van der Waals surface area contributed by atoms with Crippen LogP contribution in [0.4, 0.5) is 0 Å².